The van der Waals surface area contributed by atoms with Gasteiger partial charge in [-0.05, 0) is 6.92 Å². The SMILES string of the molecule is [CH2]C(O)n1ncc(N)c1N. The molecule has 1 aromatic heterocycles. The van der Waals surface area contributed by atoms with Crippen LogP contribution in [0.25, 0.3) is 0 Å². The average molecular weight is 141 g/mol. The van der Waals surface area contributed by atoms with Crippen molar-refractivity contribution in [3.63, 3.8) is 0 Å². The van der Waals surface area contributed by atoms with Crippen molar-refractivity contribution in [2.24, 2.45) is 0 Å². The van der Waals surface area contributed by atoms with Crippen molar-refractivity contribution < 1.29 is 5.11 Å². The number of rotatable bonds is 1. The summed E-state index contributed by atoms with van der Waals surface area (Å²) in [4.78, 5) is 0. The van der Waals surface area contributed by atoms with Crippen LogP contribution in [0.15, 0.2) is 6.20 Å². The van der Waals surface area contributed by atoms with Crippen LogP contribution in [0.5, 0.6) is 0 Å². The van der Waals surface area contributed by atoms with Gasteiger partial charge in [-0.15, -0.1) is 0 Å². The summed E-state index contributed by atoms with van der Waals surface area (Å²) < 4.78 is 1.13. The molecule has 55 valence electrons. The number of nitrogen functional groups attached to an aromatic ring is 2. The predicted molar refractivity (Wildman–Crippen MR) is 37.7 cm³/mol. The Kier molecular flexibility index (Phi) is 1.50. The molecule has 0 bridgehead atoms. The molecular weight excluding hydrogens is 132 g/mol. The molecule has 0 spiro atoms. The average Bonchev–Trinajstić information content (AvgIpc) is 2.14. The van der Waals surface area contributed by atoms with Crippen LogP contribution in [0.3, 0.4) is 0 Å². The van der Waals surface area contributed by atoms with E-state index in [9.17, 15) is 0 Å². The van der Waals surface area contributed by atoms with Crippen LogP contribution in [-0.4, -0.2) is 14.9 Å². The van der Waals surface area contributed by atoms with Gasteiger partial charge < -0.3 is 16.6 Å². The normalized spacial score (nSPS) is 13.4. The van der Waals surface area contributed by atoms with Gasteiger partial charge in [0.05, 0.1) is 11.9 Å². The first-order chi connectivity index (χ1) is 4.63. The van der Waals surface area contributed by atoms with Crippen molar-refractivity contribution in [1.29, 1.82) is 0 Å². The Labute approximate surface area is 58.2 Å². The number of anilines is 2. The van der Waals surface area contributed by atoms with Crippen LogP contribution in [-0.2, 0) is 0 Å². The highest BCUT2D eigenvalue weighted by molar-refractivity contribution is 5.57. The summed E-state index contributed by atoms with van der Waals surface area (Å²) in [7, 11) is 0. The Morgan fingerprint density at radius 2 is 2.30 bits per heavy atom. The van der Waals surface area contributed by atoms with Gasteiger partial charge in [0.25, 0.3) is 0 Å². The Hall–Kier alpha value is -1.23. The highest BCUT2D eigenvalue weighted by Gasteiger charge is 2.06. The zero-order valence-corrected chi connectivity index (χ0v) is 5.36. The number of aliphatic hydroxyl groups is 1. The number of hydrogen-bond acceptors (Lipinski definition) is 4. The molecule has 0 saturated heterocycles. The van der Waals surface area contributed by atoms with E-state index in [1.165, 1.54) is 6.20 Å². The van der Waals surface area contributed by atoms with Gasteiger partial charge in [0.2, 0.25) is 0 Å². The van der Waals surface area contributed by atoms with Crippen LogP contribution < -0.4 is 11.5 Å². The topological polar surface area (TPSA) is 90.1 Å². The number of aromatic nitrogens is 2. The molecule has 1 rings (SSSR count). The largest absolute Gasteiger partial charge is 0.394 e. The van der Waals surface area contributed by atoms with Gasteiger partial charge in [0, 0.05) is 0 Å². The predicted octanol–water partition coefficient (Wildman–Crippen LogP) is -0.628. The lowest BCUT2D eigenvalue weighted by atomic mass is 10.5. The van der Waals surface area contributed by atoms with Crippen LogP contribution in [0.4, 0.5) is 11.5 Å². The van der Waals surface area contributed by atoms with Gasteiger partial charge in [-0.25, -0.2) is 4.68 Å². The summed E-state index contributed by atoms with van der Waals surface area (Å²) in [5, 5.41) is 12.5. The van der Waals surface area contributed by atoms with Gasteiger partial charge in [0.1, 0.15) is 12.0 Å². The Balaban J connectivity index is 3.05. The number of aliphatic hydroxyl groups excluding tert-OH is 1. The molecule has 0 aliphatic heterocycles. The van der Waals surface area contributed by atoms with E-state index in [0.29, 0.717) is 5.69 Å². The molecule has 1 unspecified atom stereocenters. The highest BCUT2D eigenvalue weighted by atomic mass is 16.3. The first kappa shape index (κ1) is 6.88. The minimum Gasteiger partial charge on any atom is -0.394 e. The van der Waals surface area contributed by atoms with Crippen molar-refractivity contribution in [3.05, 3.63) is 13.1 Å². The molecule has 1 atom stereocenters. The monoisotopic (exact) mass is 141 g/mol. The van der Waals surface area contributed by atoms with Crippen LogP contribution in [0.2, 0.25) is 0 Å². The molecule has 5 heteroatoms. The third-order valence-electron chi connectivity index (χ3n) is 1.15. The molecule has 5 nitrogen and oxygen atoms in total. The zero-order valence-electron chi connectivity index (χ0n) is 5.36. The molecule has 0 amide bonds. The lowest BCUT2D eigenvalue weighted by Gasteiger charge is -2.05. The molecule has 1 aromatic rings. The van der Waals surface area contributed by atoms with Crippen LogP contribution >= 0.6 is 0 Å². The summed E-state index contributed by atoms with van der Waals surface area (Å²) in [6.45, 7) is 3.30. The van der Waals surface area contributed by atoms with Gasteiger partial charge in [-0.1, -0.05) is 0 Å². The lowest BCUT2D eigenvalue weighted by Crippen LogP contribution is -2.09. The number of nitrogens with zero attached hydrogens (tertiary/aromatic N) is 2. The van der Waals surface area contributed by atoms with Crippen LogP contribution in [0.1, 0.15) is 6.23 Å². The van der Waals surface area contributed by atoms with E-state index in [-0.39, 0.29) is 5.82 Å². The second-order valence-electron chi connectivity index (χ2n) is 1.91. The molecule has 1 radical (unpaired) electrons. The molecule has 5 N–H and O–H groups in total. The van der Waals surface area contributed by atoms with E-state index in [0.717, 1.165) is 4.68 Å². The van der Waals surface area contributed by atoms with Crippen molar-refractivity contribution in [1.82, 2.24) is 9.78 Å². The van der Waals surface area contributed by atoms with Gasteiger partial charge in [-0.3, -0.25) is 0 Å². The fraction of sp³-hybridized carbons (Fsp3) is 0.200. The Morgan fingerprint density at radius 1 is 1.70 bits per heavy atom. The second kappa shape index (κ2) is 2.18. The fourth-order valence-electron chi connectivity index (χ4n) is 0.623. The first-order valence-electron chi connectivity index (χ1n) is 2.72. The van der Waals surface area contributed by atoms with Crippen molar-refractivity contribution in [3.8, 4) is 0 Å². The molecule has 0 aliphatic carbocycles. The summed E-state index contributed by atoms with van der Waals surface area (Å²) in [6, 6.07) is 0. The molecule has 0 fully saturated rings. The maximum atomic E-state index is 8.87. The van der Waals surface area contributed by atoms with E-state index in [4.69, 9.17) is 16.6 Å². The first-order valence-corrected chi connectivity index (χ1v) is 2.72. The summed E-state index contributed by atoms with van der Waals surface area (Å²) in [5.41, 5.74) is 11.1. The maximum Gasteiger partial charge on any atom is 0.149 e. The maximum absolute atomic E-state index is 8.87. The van der Waals surface area contributed by atoms with Gasteiger partial charge in [-0.2, -0.15) is 5.10 Å². The van der Waals surface area contributed by atoms with Crippen molar-refractivity contribution >= 4 is 11.5 Å². The minimum absolute atomic E-state index is 0.238. The quantitative estimate of drug-likeness (QED) is 0.485. The van der Waals surface area contributed by atoms with Crippen molar-refractivity contribution in [2.75, 3.05) is 11.5 Å². The second-order valence-corrected chi connectivity index (χ2v) is 1.91. The molecular formula is C5H9N4O. The highest BCUT2D eigenvalue weighted by Crippen LogP contribution is 2.15. The van der Waals surface area contributed by atoms with Gasteiger partial charge in [0.15, 0.2) is 0 Å². The van der Waals surface area contributed by atoms with Crippen molar-refractivity contribution in [2.45, 2.75) is 6.23 Å². The number of hydrogen-bond donors (Lipinski definition) is 3. The van der Waals surface area contributed by atoms with E-state index in [1.54, 1.807) is 0 Å². The Bertz CT molecular complexity index is 230. The zero-order chi connectivity index (χ0) is 7.72. The molecule has 0 saturated carbocycles. The smallest absolute Gasteiger partial charge is 0.149 e. The Morgan fingerprint density at radius 3 is 2.50 bits per heavy atom. The standard InChI is InChI=1S/C5H9N4O/c1-3(10)9-5(7)4(6)2-8-9/h2-3,10H,1,6-7H2. The molecule has 1 heterocycles. The summed E-state index contributed by atoms with van der Waals surface area (Å²) in [5.74, 6) is 0.238. The fourth-order valence-corrected chi connectivity index (χ4v) is 0.623. The molecule has 10 heavy (non-hydrogen) atoms. The van der Waals surface area contributed by atoms with Crippen LogP contribution in [0, 0.1) is 6.92 Å². The number of nitrogens with two attached hydrogens (primary N) is 2. The third kappa shape index (κ3) is 0.906. The summed E-state index contributed by atoms with van der Waals surface area (Å²) in [6.07, 6.45) is 0.390. The van der Waals surface area contributed by atoms with Gasteiger partial charge >= 0.3 is 0 Å². The van der Waals surface area contributed by atoms with E-state index in [1.807, 2.05) is 0 Å². The van der Waals surface area contributed by atoms with E-state index >= 15 is 0 Å². The van der Waals surface area contributed by atoms with E-state index in [2.05, 4.69) is 12.0 Å². The van der Waals surface area contributed by atoms with E-state index < -0.39 is 6.23 Å². The molecule has 0 aliphatic rings. The summed E-state index contributed by atoms with van der Waals surface area (Å²) >= 11 is 0. The minimum atomic E-state index is -0.975. The molecule has 0 aromatic carbocycles. The lowest BCUT2D eigenvalue weighted by molar-refractivity contribution is 0.140. The third-order valence-corrected chi connectivity index (χ3v) is 1.15.